The van der Waals surface area contributed by atoms with Gasteiger partial charge in [-0.15, -0.1) is 0 Å². The van der Waals surface area contributed by atoms with Gasteiger partial charge in [-0.05, 0) is 40.2 Å². The van der Waals surface area contributed by atoms with Gasteiger partial charge in [-0.3, -0.25) is 4.90 Å². The van der Waals surface area contributed by atoms with Crippen molar-refractivity contribution in [2.75, 3.05) is 6.61 Å². The standard InChI is InChI=1S/C17H25NO3/c1-13(11-14-9-7-6-8-10-14)21-15(19)18-16(2,3)12-20-17(18,4)5/h6-10,13H,11-12H2,1-5H3/t13-/m1/s1. The third kappa shape index (κ3) is 3.56. The van der Waals surface area contributed by atoms with E-state index in [1.807, 2.05) is 65.0 Å². The van der Waals surface area contributed by atoms with Crippen LogP contribution in [0.3, 0.4) is 0 Å². The monoisotopic (exact) mass is 291 g/mol. The van der Waals surface area contributed by atoms with E-state index in [4.69, 9.17) is 9.47 Å². The molecule has 1 aliphatic heterocycles. The first-order valence-electron chi connectivity index (χ1n) is 7.41. The van der Waals surface area contributed by atoms with Gasteiger partial charge < -0.3 is 9.47 Å². The molecule has 1 aromatic carbocycles. The van der Waals surface area contributed by atoms with Gasteiger partial charge in [-0.25, -0.2) is 4.79 Å². The summed E-state index contributed by atoms with van der Waals surface area (Å²) in [6.07, 6.45) is 0.223. The molecule has 0 aliphatic carbocycles. The second-order valence-corrected chi connectivity index (χ2v) is 6.77. The molecular weight excluding hydrogens is 266 g/mol. The number of amides is 1. The highest BCUT2D eigenvalue weighted by Crippen LogP contribution is 2.35. The molecule has 4 heteroatoms. The summed E-state index contributed by atoms with van der Waals surface area (Å²) in [5.41, 5.74) is 0.175. The lowest BCUT2D eigenvalue weighted by Crippen LogP contribution is -2.53. The molecule has 1 atom stereocenters. The van der Waals surface area contributed by atoms with Crippen molar-refractivity contribution in [2.45, 2.75) is 58.4 Å². The third-order valence-electron chi connectivity index (χ3n) is 3.77. The van der Waals surface area contributed by atoms with E-state index < -0.39 is 5.72 Å². The molecule has 2 rings (SSSR count). The van der Waals surface area contributed by atoms with Crippen molar-refractivity contribution < 1.29 is 14.3 Å². The maximum atomic E-state index is 12.5. The summed E-state index contributed by atoms with van der Waals surface area (Å²) in [6, 6.07) is 10.0. The summed E-state index contributed by atoms with van der Waals surface area (Å²) >= 11 is 0. The predicted molar refractivity (Wildman–Crippen MR) is 82.0 cm³/mol. The van der Waals surface area contributed by atoms with E-state index in [2.05, 4.69) is 0 Å². The first-order valence-corrected chi connectivity index (χ1v) is 7.41. The van der Waals surface area contributed by atoms with Crippen molar-refractivity contribution >= 4 is 6.09 Å². The van der Waals surface area contributed by atoms with Crippen molar-refractivity contribution in [3.05, 3.63) is 35.9 Å². The average Bonchev–Trinajstić information content (AvgIpc) is 2.59. The lowest BCUT2D eigenvalue weighted by molar-refractivity contribution is -0.0570. The highest BCUT2D eigenvalue weighted by Gasteiger charge is 2.49. The zero-order chi connectivity index (χ0) is 15.7. The number of benzene rings is 1. The van der Waals surface area contributed by atoms with Gasteiger partial charge in [0.15, 0.2) is 0 Å². The molecule has 116 valence electrons. The second kappa shape index (κ2) is 5.68. The number of ether oxygens (including phenoxy) is 2. The Kier molecular flexibility index (Phi) is 4.28. The Bertz CT molecular complexity index is 480. The summed E-state index contributed by atoms with van der Waals surface area (Å²) in [4.78, 5) is 14.2. The second-order valence-electron chi connectivity index (χ2n) is 6.77. The number of carbonyl (C=O) groups is 1. The maximum Gasteiger partial charge on any atom is 0.412 e. The van der Waals surface area contributed by atoms with Gasteiger partial charge in [0.1, 0.15) is 11.8 Å². The average molecular weight is 291 g/mol. The largest absolute Gasteiger partial charge is 0.446 e. The molecule has 0 saturated carbocycles. The Morgan fingerprint density at radius 2 is 1.90 bits per heavy atom. The Labute approximate surface area is 127 Å². The van der Waals surface area contributed by atoms with E-state index in [0.29, 0.717) is 13.0 Å². The number of nitrogens with zero attached hydrogens (tertiary/aromatic N) is 1. The Balaban J connectivity index is 2.00. The fraction of sp³-hybridized carbons (Fsp3) is 0.588. The molecule has 1 aromatic rings. The molecule has 1 heterocycles. The summed E-state index contributed by atoms with van der Waals surface area (Å²) < 4.78 is 11.3. The summed E-state index contributed by atoms with van der Waals surface area (Å²) in [7, 11) is 0. The Morgan fingerprint density at radius 3 is 2.43 bits per heavy atom. The smallest absolute Gasteiger partial charge is 0.412 e. The fourth-order valence-corrected chi connectivity index (χ4v) is 2.89. The zero-order valence-corrected chi connectivity index (χ0v) is 13.6. The molecule has 1 saturated heterocycles. The summed E-state index contributed by atoms with van der Waals surface area (Å²) in [5.74, 6) is 0. The highest BCUT2D eigenvalue weighted by molar-refractivity contribution is 5.70. The van der Waals surface area contributed by atoms with E-state index in [1.165, 1.54) is 0 Å². The van der Waals surface area contributed by atoms with Gasteiger partial charge in [-0.2, -0.15) is 0 Å². The van der Waals surface area contributed by atoms with Gasteiger partial charge in [-0.1, -0.05) is 30.3 Å². The number of hydrogen-bond donors (Lipinski definition) is 0. The minimum absolute atomic E-state index is 0.174. The van der Waals surface area contributed by atoms with Crippen molar-refractivity contribution in [3.63, 3.8) is 0 Å². The highest BCUT2D eigenvalue weighted by atomic mass is 16.6. The van der Waals surface area contributed by atoms with E-state index in [1.54, 1.807) is 4.90 Å². The van der Waals surface area contributed by atoms with Crippen molar-refractivity contribution in [1.82, 2.24) is 4.90 Å². The fourth-order valence-electron chi connectivity index (χ4n) is 2.89. The van der Waals surface area contributed by atoms with Crippen LogP contribution in [0.5, 0.6) is 0 Å². The molecule has 0 radical (unpaired) electrons. The summed E-state index contributed by atoms with van der Waals surface area (Å²) in [6.45, 7) is 10.2. The van der Waals surface area contributed by atoms with E-state index in [-0.39, 0.29) is 17.7 Å². The number of rotatable bonds is 3. The van der Waals surface area contributed by atoms with Crippen LogP contribution >= 0.6 is 0 Å². The van der Waals surface area contributed by atoms with Crippen LogP contribution in [-0.4, -0.2) is 35.0 Å². The van der Waals surface area contributed by atoms with Gasteiger partial charge in [0.25, 0.3) is 0 Å². The molecule has 1 amide bonds. The molecule has 0 bridgehead atoms. The minimum Gasteiger partial charge on any atom is -0.446 e. The molecular formula is C17H25NO3. The topological polar surface area (TPSA) is 38.8 Å². The van der Waals surface area contributed by atoms with Crippen LogP contribution in [0.4, 0.5) is 4.79 Å². The molecule has 4 nitrogen and oxygen atoms in total. The molecule has 21 heavy (non-hydrogen) atoms. The predicted octanol–water partition coefficient (Wildman–Crippen LogP) is 3.60. The van der Waals surface area contributed by atoms with Crippen LogP contribution in [0, 0.1) is 0 Å². The van der Waals surface area contributed by atoms with Crippen LogP contribution in [0.25, 0.3) is 0 Å². The molecule has 0 aromatic heterocycles. The van der Waals surface area contributed by atoms with Gasteiger partial charge in [0.2, 0.25) is 0 Å². The first kappa shape index (κ1) is 15.8. The number of carbonyl (C=O) groups excluding carboxylic acids is 1. The lowest BCUT2D eigenvalue weighted by Gasteiger charge is -2.37. The zero-order valence-electron chi connectivity index (χ0n) is 13.6. The molecule has 0 spiro atoms. The summed E-state index contributed by atoms with van der Waals surface area (Å²) in [5, 5.41) is 0. The molecule has 0 N–H and O–H groups in total. The normalized spacial score (nSPS) is 21.1. The first-order chi connectivity index (χ1) is 9.72. The van der Waals surface area contributed by atoms with Gasteiger partial charge >= 0.3 is 6.09 Å². The van der Waals surface area contributed by atoms with Crippen LogP contribution in [-0.2, 0) is 15.9 Å². The van der Waals surface area contributed by atoms with E-state index >= 15 is 0 Å². The van der Waals surface area contributed by atoms with Crippen molar-refractivity contribution in [2.24, 2.45) is 0 Å². The minimum atomic E-state index is -0.632. The molecule has 0 unspecified atom stereocenters. The van der Waals surface area contributed by atoms with E-state index in [0.717, 1.165) is 5.56 Å². The Morgan fingerprint density at radius 1 is 1.29 bits per heavy atom. The third-order valence-corrected chi connectivity index (χ3v) is 3.77. The SMILES string of the molecule is C[C@H](Cc1ccccc1)OC(=O)N1C(C)(C)COC1(C)C. The lowest BCUT2D eigenvalue weighted by atomic mass is 10.0. The van der Waals surface area contributed by atoms with Crippen molar-refractivity contribution in [1.29, 1.82) is 0 Å². The molecule has 1 fully saturated rings. The quantitative estimate of drug-likeness (QED) is 0.854. The van der Waals surface area contributed by atoms with Crippen LogP contribution in [0.15, 0.2) is 30.3 Å². The molecule has 1 aliphatic rings. The van der Waals surface area contributed by atoms with Crippen molar-refractivity contribution in [3.8, 4) is 0 Å². The van der Waals surface area contributed by atoms with Crippen LogP contribution < -0.4 is 0 Å². The van der Waals surface area contributed by atoms with Gasteiger partial charge in [0, 0.05) is 6.42 Å². The van der Waals surface area contributed by atoms with Crippen LogP contribution in [0.2, 0.25) is 0 Å². The van der Waals surface area contributed by atoms with E-state index in [9.17, 15) is 4.79 Å². The Hall–Kier alpha value is -1.55. The number of hydrogen-bond acceptors (Lipinski definition) is 3. The maximum absolute atomic E-state index is 12.5. The van der Waals surface area contributed by atoms with Crippen LogP contribution in [0.1, 0.15) is 40.2 Å². The van der Waals surface area contributed by atoms with Gasteiger partial charge in [0.05, 0.1) is 12.1 Å².